The van der Waals surface area contributed by atoms with Gasteiger partial charge in [0.15, 0.2) is 0 Å². The van der Waals surface area contributed by atoms with E-state index < -0.39 is 0 Å². The third-order valence-corrected chi connectivity index (χ3v) is 5.19. The largest absolute Gasteiger partial charge is 0.377 e. The standard InChI is InChI=1S/C17H26N2O/c1-3-11-19-16(17(20-2)9-5-10-17)14-8-7-13-6-4-12-18-15(13)14/h4,6,12,14,16,19H,3,5,7-11H2,1-2H3. The maximum absolute atomic E-state index is 5.97. The summed E-state index contributed by atoms with van der Waals surface area (Å²) >= 11 is 0. The Labute approximate surface area is 122 Å². The highest BCUT2D eigenvalue weighted by atomic mass is 16.5. The van der Waals surface area contributed by atoms with E-state index in [1.54, 1.807) is 0 Å². The first-order valence-corrected chi connectivity index (χ1v) is 8.03. The van der Waals surface area contributed by atoms with Crippen LogP contribution in [0.25, 0.3) is 0 Å². The summed E-state index contributed by atoms with van der Waals surface area (Å²) < 4.78 is 5.97. The van der Waals surface area contributed by atoms with Gasteiger partial charge in [0.2, 0.25) is 0 Å². The van der Waals surface area contributed by atoms with Crippen LogP contribution in [0.1, 0.15) is 56.2 Å². The maximum Gasteiger partial charge on any atom is 0.0837 e. The summed E-state index contributed by atoms with van der Waals surface area (Å²) in [6.07, 6.45) is 9.14. The van der Waals surface area contributed by atoms with Gasteiger partial charge >= 0.3 is 0 Å². The lowest BCUT2D eigenvalue weighted by Gasteiger charge is -2.49. The summed E-state index contributed by atoms with van der Waals surface area (Å²) in [5, 5.41) is 3.78. The first-order valence-electron chi connectivity index (χ1n) is 8.03. The zero-order valence-corrected chi connectivity index (χ0v) is 12.7. The van der Waals surface area contributed by atoms with Gasteiger partial charge < -0.3 is 10.1 Å². The monoisotopic (exact) mass is 274 g/mol. The van der Waals surface area contributed by atoms with E-state index in [0.29, 0.717) is 12.0 Å². The number of hydrogen-bond donors (Lipinski definition) is 1. The Morgan fingerprint density at radius 3 is 3.00 bits per heavy atom. The van der Waals surface area contributed by atoms with Gasteiger partial charge in [-0.25, -0.2) is 0 Å². The molecule has 0 radical (unpaired) electrons. The summed E-state index contributed by atoms with van der Waals surface area (Å²) in [5.41, 5.74) is 2.79. The first-order chi connectivity index (χ1) is 9.80. The topological polar surface area (TPSA) is 34.2 Å². The Kier molecular flexibility index (Phi) is 4.08. The normalized spacial score (nSPS) is 25.0. The fourth-order valence-electron chi connectivity index (χ4n) is 3.93. The van der Waals surface area contributed by atoms with Crippen LogP contribution in [0.5, 0.6) is 0 Å². The molecule has 0 aromatic carbocycles. The molecule has 1 aromatic heterocycles. The van der Waals surface area contributed by atoms with E-state index in [1.807, 2.05) is 13.3 Å². The van der Waals surface area contributed by atoms with Crippen molar-refractivity contribution in [3.05, 3.63) is 29.6 Å². The van der Waals surface area contributed by atoms with Crippen molar-refractivity contribution >= 4 is 0 Å². The summed E-state index contributed by atoms with van der Waals surface area (Å²) in [7, 11) is 1.88. The second kappa shape index (κ2) is 5.82. The molecule has 0 bridgehead atoms. The molecule has 110 valence electrons. The molecule has 2 aliphatic rings. The molecule has 0 amide bonds. The Bertz CT molecular complexity index is 451. The average molecular weight is 274 g/mol. The lowest BCUT2D eigenvalue weighted by Crippen LogP contribution is -2.59. The van der Waals surface area contributed by atoms with E-state index in [-0.39, 0.29) is 5.60 Å². The molecule has 1 heterocycles. The Balaban J connectivity index is 1.86. The zero-order valence-electron chi connectivity index (χ0n) is 12.7. The predicted molar refractivity (Wildman–Crippen MR) is 81.0 cm³/mol. The van der Waals surface area contributed by atoms with Crippen LogP contribution in [0.4, 0.5) is 0 Å². The molecule has 1 aromatic rings. The highest BCUT2D eigenvalue weighted by molar-refractivity contribution is 5.31. The number of fused-ring (bicyclic) bond motifs is 1. The van der Waals surface area contributed by atoms with Gasteiger partial charge in [0.1, 0.15) is 0 Å². The molecule has 20 heavy (non-hydrogen) atoms. The van der Waals surface area contributed by atoms with Crippen LogP contribution in [-0.4, -0.2) is 30.3 Å². The Morgan fingerprint density at radius 1 is 1.50 bits per heavy atom. The van der Waals surface area contributed by atoms with Crippen LogP contribution in [-0.2, 0) is 11.2 Å². The highest BCUT2D eigenvalue weighted by Gasteiger charge is 2.49. The molecule has 3 nitrogen and oxygen atoms in total. The third-order valence-electron chi connectivity index (χ3n) is 5.19. The Morgan fingerprint density at radius 2 is 2.35 bits per heavy atom. The van der Waals surface area contributed by atoms with E-state index in [0.717, 1.165) is 19.4 Å². The minimum atomic E-state index is 0.0406. The molecule has 1 N–H and O–H groups in total. The molecule has 2 unspecified atom stereocenters. The summed E-state index contributed by atoms with van der Waals surface area (Å²) in [5.74, 6) is 0.512. The van der Waals surface area contributed by atoms with Crippen LogP contribution >= 0.6 is 0 Å². The zero-order chi connectivity index (χ0) is 14.0. The number of pyridine rings is 1. The molecule has 2 aliphatic carbocycles. The lowest BCUT2D eigenvalue weighted by atomic mass is 9.69. The van der Waals surface area contributed by atoms with E-state index in [9.17, 15) is 0 Å². The molecule has 0 saturated heterocycles. The van der Waals surface area contributed by atoms with E-state index in [2.05, 4.69) is 29.4 Å². The molecule has 3 rings (SSSR count). The van der Waals surface area contributed by atoms with Crippen LogP contribution in [0.2, 0.25) is 0 Å². The van der Waals surface area contributed by atoms with Crippen molar-refractivity contribution in [2.45, 2.75) is 63.0 Å². The van der Waals surface area contributed by atoms with Crippen LogP contribution in [0, 0.1) is 0 Å². The quantitative estimate of drug-likeness (QED) is 0.865. The summed E-state index contributed by atoms with van der Waals surface area (Å²) in [6.45, 7) is 3.29. The lowest BCUT2D eigenvalue weighted by molar-refractivity contribution is -0.104. The van der Waals surface area contributed by atoms with Gasteiger partial charge in [-0.15, -0.1) is 0 Å². The number of methoxy groups -OCH3 is 1. The van der Waals surface area contributed by atoms with E-state index in [4.69, 9.17) is 4.74 Å². The molecular weight excluding hydrogens is 248 g/mol. The third kappa shape index (κ3) is 2.27. The number of ether oxygens (including phenoxy) is 1. The van der Waals surface area contributed by atoms with E-state index in [1.165, 1.54) is 36.9 Å². The van der Waals surface area contributed by atoms with Crippen molar-refractivity contribution in [3.8, 4) is 0 Å². The van der Waals surface area contributed by atoms with Crippen molar-refractivity contribution in [1.29, 1.82) is 0 Å². The van der Waals surface area contributed by atoms with Gasteiger partial charge in [0.05, 0.1) is 5.60 Å². The summed E-state index contributed by atoms with van der Waals surface area (Å²) in [6, 6.07) is 4.71. The van der Waals surface area contributed by atoms with Gasteiger partial charge in [-0.2, -0.15) is 0 Å². The van der Waals surface area contributed by atoms with E-state index >= 15 is 0 Å². The number of rotatable bonds is 6. The van der Waals surface area contributed by atoms with Crippen molar-refractivity contribution < 1.29 is 4.74 Å². The average Bonchev–Trinajstić information content (AvgIpc) is 2.85. The molecule has 0 aliphatic heterocycles. The van der Waals surface area contributed by atoms with Gasteiger partial charge in [-0.3, -0.25) is 4.98 Å². The molecule has 3 heteroatoms. The van der Waals surface area contributed by atoms with Crippen LogP contribution in [0.15, 0.2) is 18.3 Å². The van der Waals surface area contributed by atoms with Gasteiger partial charge in [-0.05, 0) is 56.7 Å². The number of aryl methyl sites for hydroxylation is 1. The van der Waals surface area contributed by atoms with Gasteiger partial charge in [0.25, 0.3) is 0 Å². The molecule has 0 spiro atoms. The highest BCUT2D eigenvalue weighted by Crippen LogP contribution is 2.46. The second-order valence-corrected chi connectivity index (χ2v) is 6.25. The molecule has 2 atom stereocenters. The van der Waals surface area contributed by atoms with Gasteiger partial charge in [-0.1, -0.05) is 13.0 Å². The minimum Gasteiger partial charge on any atom is -0.377 e. The summed E-state index contributed by atoms with van der Waals surface area (Å²) in [4.78, 5) is 4.68. The fourth-order valence-corrected chi connectivity index (χ4v) is 3.93. The minimum absolute atomic E-state index is 0.0406. The van der Waals surface area contributed by atoms with Crippen molar-refractivity contribution in [3.63, 3.8) is 0 Å². The predicted octanol–water partition coefficient (Wildman–Crippen LogP) is 3.05. The molecular formula is C17H26N2O. The number of nitrogens with zero attached hydrogens (tertiary/aromatic N) is 1. The molecule has 1 fully saturated rings. The smallest absolute Gasteiger partial charge is 0.0837 e. The van der Waals surface area contributed by atoms with Crippen LogP contribution < -0.4 is 5.32 Å². The van der Waals surface area contributed by atoms with Crippen molar-refractivity contribution in [2.24, 2.45) is 0 Å². The SMILES string of the molecule is CCCNC(C1CCc2cccnc21)C1(OC)CCC1. The van der Waals surface area contributed by atoms with Gasteiger partial charge in [0, 0.05) is 31.0 Å². The van der Waals surface area contributed by atoms with Crippen molar-refractivity contribution in [1.82, 2.24) is 10.3 Å². The number of aromatic nitrogens is 1. The molecule has 1 saturated carbocycles. The number of nitrogens with one attached hydrogen (secondary N) is 1. The first kappa shape index (κ1) is 14.0. The second-order valence-electron chi connectivity index (χ2n) is 6.25. The maximum atomic E-state index is 5.97. The fraction of sp³-hybridized carbons (Fsp3) is 0.706. The van der Waals surface area contributed by atoms with Crippen molar-refractivity contribution in [2.75, 3.05) is 13.7 Å². The Hall–Kier alpha value is -0.930. The number of hydrogen-bond acceptors (Lipinski definition) is 3. The van der Waals surface area contributed by atoms with Crippen LogP contribution in [0.3, 0.4) is 0 Å².